The molecule has 0 spiro atoms. The van der Waals surface area contributed by atoms with E-state index in [-0.39, 0.29) is 5.56 Å². The number of nitro groups is 1. The molecule has 0 aromatic heterocycles. The standard InChI is InChI=1S/C13H13FN2O3/c1-3-5-10(4-2)15-13(17)11-7-6-9(14)8-12(11)16(18)19/h2,6-8,10H,3,5H2,1H3,(H,15,17). The second-order valence-electron chi connectivity index (χ2n) is 3.90. The van der Waals surface area contributed by atoms with E-state index < -0.39 is 28.4 Å². The second-order valence-corrected chi connectivity index (χ2v) is 3.90. The molecule has 1 amide bonds. The largest absolute Gasteiger partial charge is 0.338 e. The van der Waals surface area contributed by atoms with Crippen LogP contribution in [0, 0.1) is 28.3 Å². The van der Waals surface area contributed by atoms with Crippen LogP contribution in [-0.2, 0) is 0 Å². The van der Waals surface area contributed by atoms with Crippen molar-refractivity contribution in [1.29, 1.82) is 0 Å². The summed E-state index contributed by atoms with van der Waals surface area (Å²) in [6, 6.07) is 2.27. The molecule has 6 heteroatoms. The monoisotopic (exact) mass is 264 g/mol. The van der Waals surface area contributed by atoms with Crippen molar-refractivity contribution < 1.29 is 14.1 Å². The van der Waals surface area contributed by atoms with Crippen LogP contribution >= 0.6 is 0 Å². The van der Waals surface area contributed by atoms with E-state index in [1.54, 1.807) is 0 Å². The lowest BCUT2D eigenvalue weighted by atomic mass is 10.1. The first-order valence-corrected chi connectivity index (χ1v) is 5.70. The average molecular weight is 264 g/mol. The molecule has 0 radical (unpaired) electrons. The molecule has 1 aromatic rings. The number of terminal acetylenes is 1. The SMILES string of the molecule is C#CC(CCC)NC(=O)c1ccc(F)cc1[N+](=O)[O-]. The predicted octanol–water partition coefficient (Wildman–Crippen LogP) is 2.27. The molecule has 0 heterocycles. The van der Waals surface area contributed by atoms with Gasteiger partial charge < -0.3 is 5.32 Å². The van der Waals surface area contributed by atoms with E-state index in [9.17, 15) is 19.3 Å². The van der Waals surface area contributed by atoms with Crippen molar-refractivity contribution in [3.63, 3.8) is 0 Å². The molecule has 0 saturated heterocycles. The van der Waals surface area contributed by atoms with Gasteiger partial charge in [0.05, 0.1) is 17.0 Å². The number of nitrogens with one attached hydrogen (secondary N) is 1. The fraction of sp³-hybridized carbons (Fsp3) is 0.308. The normalized spacial score (nSPS) is 11.4. The minimum Gasteiger partial charge on any atom is -0.338 e. The van der Waals surface area contributed by atoms with Crippen LogP contribution in [-0.4, -0.2) is 16.9 Å². The first kappa shape index (κ1) is 14.6. The van der Waals surface area contributed by atoms with E-state index in [1.807, 2.05) is 6.92 Å². The summed E-state index contributed by atoms with van der Waals surface area (Å²) in [4.78, 5) is 21.9. The molecule has 5 nitrogen and oxygen atoms in total. The van der Waals surface area contributed by atoms with Gasteiger partial charge in [-0.25, -0.2) is 4.39 Å². The van der Waals surface area contributed by atoms with Crippen molar-refractivity contribution in [3.05, 3.63) is 39.7 Å². The lowest BCUT2D eigenvalue weighted by molar-refractivity contribution is -0.385. The third kappa shape index (κ3) is 3.78. The fourth-order valence-corrected chi connectivity index (χ4v) is 1.57. The quantitative estimate of drug-likeness (QED) is 0.503. The molecule has 100 valence electrons. The van der Waals surface area contributed by atoms with Crippen molar-refractivity contribution in [2.24, 2.45) is 0 Å². The van der Waals surface area contributed by atoms with Crippen molar-refractivity contribution in [2.75, 3.05) is 0 Å². The van der Waals surface area contributed by atoms with Crippen LogP contribution in [0.2, 0.25) is 0 Å². The van der Waals surface area contributed by atoms with Gasteiger partial charge in [-0.1, -0.05) is 19.3 Å². The Morgan fingerprint density at radius 2 is 2.32 bits per heavy atom. The maximum atomic E-state index is 13.0. The van der Waals surface area contributed by atoms with Crippen molar-refractivity contribution in [1.82, 2.24) is 5.32 Å². The summed E-state index contributed by atoms with van der Waals surface area (Å²) in [6.45, 7) is 1.90. The van der Waals surface area contributed by atoms with Gasteiger partial charge in [0.1, 0.15) is 11.4 Å². The smallest absolute Gasteiger partial charge is 0.285 e. The number of nitrogens with zero attached hydrogens (tertiary/aromatic N) is 1. The van der Waals surface area contributed by atoms with Crippen LogP contribution in [0.15, 0.2) is 18.2 Å². The van der Waals surface area contributed by atoms with E-state index in [4.69, 9.17) is 6.42 Å². The van der Waals surface area contributed by atoms with Crippen molar-refractivity contribution in [3.8, 4) is 12.3 Å². The van der Waals surface area contributed by atoms with Crippen LogP contribution in [0.3, 0.4) is 0 Å². The number of halogens is 1. The molecule has 0 aliphatic heterocycles. The fourth-order valence-electron chi connectivity index (χ4n) is 1.57. The number of hydrogen-bond donors (Lipinski definition) is 1. The molecular weight excluding hydrogens is 251 g/mol. The molecule has 0 fully saturated rings. The number of carbonyl (C=O) groups is 1. The predicted molar refractivity (Wildman–Crippen MR) is 68.0 cm³/mol. The molecule has 1 N–H and O–H groups in total. The van der Waals surface area contributed by atoms with Gasteiger partial charge in [-0.3, -0.25) is 14.9 Å². The van der Waals surface area contributed by atoms with Gasteiger partial charge in [-0.2, -0.15) is 0 Å². The zero-order valence-corrected chi connectivity index (χ0v) is 10.4. The third-order valence-electron chi connectivity index (χ3n) is 2.48. The van der Waals surface area contributed by atoms with Crippen LogP contribution in [0.5, 0.6) is 0 Å². The minimum atomic E-state index is -0.803. The van der Waals surface area contributed by atoms with Crippen LogP contribution in [0.25, 0.3) is 0 Å². The van der Waals surface area contributed by atoms with Crippen LogP contribution in [0.1, 0.15) is 30.1 Å². The number of amides is 1. The van der Waals surface area contributed by atoms with Gasteiger partial charge in [-0.05, 0) is 18.6 Å². The molecule has 0 aliphatic rings. The van der Waals surface area contributed by atoms with E-state index >= 15 is 0 Å². The van der Waals surface area contributed by atoms with Gasteiger partial charge in [0.15, 0.2) is 0 Å². The number of carbonyl (C=O) groups excluding carboxylic acids is 1. The molecule has 1 aromatic carbocycles. The Morgan fingerprint density at radius 3 is 2.84 bits per heavy atom. The second kappa shape index (κ2) is 6.50. The molecule has 0 bridgehead atoms. The average Bonchev–Trinajstić information content (AvgIpc) is 2.37. The Morgan fingerprint density at radius 1 is 1.63 bits per heavy atom. The van der Waals surface area contributed by atoms with E-state index in [0.717, 1.165) is 18.6 Å². The Hall–Kier alpha value is -2.42. The van der Waals surface area contributed by atoms with E-state index in [1.165, 1.54) is 0 Å². The van der Waals surface area contributed by atoms with Gasteiger partial charge in [0.25, 0.3) is 11.6 Å². The minimum absolute atomic E-state index is 0.206. The van der Waals surface area contributed by atoms with E-state index in [2.05, 4.69) is 11.2 Å². The van der Waals surface area contributed by atoms with Crippen molar-refractivity contribution in [2.45, 2.75) is 25.8 Å². The van der Waals surface area contributed by atoms with Crippen molar-refractivity contribution >= 4 is 11.6 Å². The Labute approximate surface area is 110 Å². The molecule has 0 saturated carbocycles. The highest BCUT2D eigenvalue weighted by Crippen LogP contribution is 2.19. The van der Waals surface area contributed by atoms with Crippen LogP contribution < -0.4 is 5.32 Å². The molecule has 1 atom stereocenters. The van der Waals surface area contributed by atoms with Gasteiger partial charge >= 0.3 is 0 Å². The Bertz CT molecular complexity index is 537. The van der Waals surface area contributed by atoms with Gasteiger partial charge in [0.2, 0.25) is 0 Å². The summed E-state index contributed by atoms with van der Waals surface area (Å²) in [6.07, 6.45) is 6.58. The van der Waals surface area contributed by atoms with Gasteiger partial charge in [0, 0.05) is 0 Å². The number of nitro benzene ring substituents is 1. The molecule has 19 heavy (non-hydrogen) atoms. The summed E-state index contributed by atoms with van der Waals surface area (Å²) in [5.74, 6) is 0.937. The highest BCUT2D eigenvalue weighted by molar-refractivity contribution is 5.98. The lowest BCUT2D eigenvalue weighted by Crippen LogP contribution is -2.34. The topological polar surface area (TPSA) is 72.2 Å². The molecule has 1 unspecified atom stereocenters. The highest BCUT2D eigenvalue weighted by atomic mass is 19.1. The first-order valence-electron chi connectivity index (χ1n) is 5.70. The summed E-state index contributed by atoms with van der Waals surface area (Å²) in [5.41, 5.74) is -0.785. The molecule has 0 aliphatic carbocycles. The maximum Gasteiger partial charge on any atom is 0.285 e. The van der Waals surface area contributed by atoms with E-state index in [0.29, 0.717) is 12.5 Å². The van der Waals surface area contributed by atoms with Gasteiger partial charge in [-0.15, -0.1) is 6.42 Å². The lowest BCUT2D eigenvalue weighted by Gasteiger charge is -2.12. The zero-order valence-electron chi connectivity index (χ0n) is 10.4. The molecular formula is C13H13FN2O3. The zero-order chi connectivity index (χ0) is 14.4. The van der Waals surface area contributed by atoms with Crippen LogP contribution in [0.4, 0.5) is 10.1 Å². The third-order valence-corrected chi connectivity index (χ3v) is 2.48. The maximum absolute atomic E-state index is 13.0. The Kier molecular flexibility index (Phi) is 5.01. The molecule has 1 rings (SSSR count). The number of hydrogen-bond acceptors (Lipinski definition) is 3. The summed E-state index contributed by atoms with van der Waals surface area (Å²) >= 11 is 0. The Balaban J connectivity index is 3.00. The number of benzene rings is 1. The summed E-state index contributed by atoms with van der Waals surface area (Å²) in [7, 11) is 0. The summed E-state index contributed by atoms with van der Waals surface area (Å²) in [5, 5.41) is 13.3. The summed E-state index contributed by atoms with van der Waals surface area (Å²) < 4.78 is 13.0. The highest BCUT2D eigenvalue weighted by Gasteiger charge is 2.22. The number of rotatable bonds is 5. The first-order chi connectivity index (χ1) is 8.99.